The van der Waals surface area contributed by atoms with E-state index in [1.807, 2.05) is 44.2 Å². The van der Waals surface area contributed by atoms with Crippen LogP contribution in [0.15, 0.2) is 36.5 Å². The number of benzene rings is 1. The molecule has 0 bridgehead atoms. The van der Waals surface area contributed by atoms with E-state index in [4.69, 9.17) is 4.74 Å². The first-order valence-electron chi connectivity index (χ1n) is 7.66. The lowest BCUT2D eigenvalue weighted by atomic mass is 10.1. The van der Waals surface area contributed by atoms with Crippen LogP contribution in [0.3, 0.4) is 0 Å². The van der Waals surface area contributed by atoms with Gasteiger partial charge in [-0.25, -0.2) is 9.78 Å². The molecule has 0 aliphatic rings. The zero-order chi connectivity index (χ0) is 17.5. The van der Waals surface area contributed by atoms with Crippen LogP contribution in [0.2, 0.25) is 0 Å². The van der Waals surface area contributed by atoms with Crippen LogP contribution in [0.5, 0.6) is 0 Å². The molecule has 0 saturated carbocycles. The quantitative estimate of drug-likeness (QED) is 0.766. The van der Waals surface area contributed by atoms with Crippen LogP contribution in [-0.4, -0.2) is 34.6 Å². The van der Waals surface area contributed by atoms with Crippen LogP contribution in [0.1, 0.15) is 40.2 Å². The molecular weight excluding hydrogens is 328 g/mol. The Hall–Kier alpha value is -2.25. The predicted molar refractivity (Wildman–Crippen MR) is 91.2 cm³/mol. The Balaban J connectivity index is 2.04. The highest BCUT2D eigenvalue weighted by Gasteiger charge is 2.23. The van der Waals surface area contributed by atoms with E-state index in [0.717, 1.165) is 5.56 Å². The van der Waals surface area contributed by atoms with Crippen molar-refractivity contribution in [2.45, 2.75) is 32.4 Å². The minimum atomic E-state index is -1.07. The van der Waals surface area contributed by atoms with E-state index < -0.39 is 17.9 Å². The molecule has 2 atom stereocenters. The third-order valence-electron chi connectivity index (χ3n) is 3.40. The molecule has 24 heavy (non-hydrogen) atoms. The monoisotopic (exact) mass is 348 g/mol. The molecule has 0 saturated heterocycles. The molecule has 1 aromatic carbocycles. The number of carboxylic acid groups (broad SMARTS) is 1. The number of hydrogen-bond acceptors (Lipinski definition) is 5. The Morgan fingerprint density at radius 2 is 2.04 bits per heavy atom. The van der Waals surface area contributed by atoms with Crippen molar-refractivity contribution >= 4 is 23.2 Å². The third-order valence-corrected chi connectivity index (χ3v) is 4.56. The number of aromatic nitrogens is 1. The van der Waals surface area contributed by atoms with Gasteiger partial charge in [0, 0.05) is 13.0 Å². The van der Waals surface area contributed by atoms with Gasteiger partial charge in [0.25, 0.3) is 5.91 Å². The number of carboxylic acids is 1. The molecule has 2 N–H and O–H groups in total. The van der Waals surface area contributed by atoms with E-state index in [0.29, 0.717) is 16.5 Å². The summed E-state index contributed by atoms with van der Waals surface area (Å²) >= 11 is 1.21. The minimum Gasteiger partial charge on any atom is -0.480 e. The maximum absolute atomic E-state index is 12.3. The molecule has 0 radical (unpaired) electrons. The van der Waals surface area contributed by atoms with Crippen molar-refractivity contribution in [3.8, 4) is 0 Å². The number of aliphatic carboxylic acids is 1. The zero-order valence-electron chi connectivity index (χ0n) is 13.6. The van der Waals surface area contributed by atoms with E-state index in [2.05, 4.69) is 10.3 Å². The van der Waals surface area contributed by atoms with Crippen LogP contribution in [0.4, 0.5) is 0 Å². The summed E-state index contributed by atoms with van der Waals surface area (Å²) in [5.41, 5.74) is 0.847. The lowest BCUT2D eigenvalue weighted by molar-refractivity contribution is -0.139. The summed E-state index contributed by atoms with van der Waals surface area (Å²) in [6, 6.07) is 8.19. The van der Waals surface area contributed by atoms with Crippen molar-refractivity contribution in [3.05, 3.63) is 52.0 Å². The molecule has 0 spiro atoms. The molecule has 2 rings (SSSR count). The summed E-state index contributed by atoms with van der Waals surface area (Å²) in [4.78, 5) is 28.3. The first kappa shape index (κ1) is 18.1. The van der Waals surface area contributed by atoms with Gasteiger partial charge in [0.15, 0.2) is 0 Å². The van der Waals surface area contributed by atoms with Crippen molar-refractivity contribution < 1.29 is 19.4 Å². The highest BCUT2D eigenvalue weighted by molar-refractivity contribution is 7.13. The van der Waals surface area contributed by atoms with Crippen molar-refractivity contribution in [1.29, 1.82) is 0 Å². The number of ether oxygens (including phenoxy) is 1. The highest BCUT2D eigenvalue weighted by Crippen LogP contribution is 2.22. The zero-order valence-corrected chi connectivity index (χ0v) is 14.4. The van der Waals surface area contributed by atoms with Crippen LogP contribution in [-0.2, 0) is 16.0 Å². The van der Waals surface area contributed by atoms with E-state index in [-0.39, 0.29) is 12.5 Å². The maximum atomic E-state index is 12.3. The topological polar surface area (TPSA) is 88.5 Å². The smallest absolute Gasteiger partial charge is 0.326 e. The lowest BCUT2D eigenvalue weighted by Gasteiger charge is -2.14. The van der Waals surface area contributed by atoms with Gasteiger partial charge in [-0.05, 0) is 19.4 Å². The average molecular weight is 348 g/mol. The van der Waals surface area contributed by atoms with Gasteiger partial charge >= 0.3 is 5.97 Å². The first-order valence-corrected chi connectivity index (χ1v) is 8.47. The number of thiazole rings is 1. The first-order chi connectivity index (χ1) is 11.5. The van der Waals surface area contributed by atoms with Gasteiger partial charge in [-0.1, -0.05) is 30.3 Å². The molecular formula is C17H20N2O4S. The lowest BCUT2D eigenvalue weighted by Crippen LogP contribution is -2.42. The molecule has 1 unspecified atom stereocenters. The van der Waals surface area contributed by atoms with E-state index in [1.54, 1.807) is 0 Å². The summed E-state index contributed by atoms with van der Waals surface area (Å²) in [7, 11) is 0. The van der Waals surface area contributed by atoms with Crippen molar-refractivity contribution in [2.24, 2.45) is 0 Å². The van der Waals surface area contributed by atoms with Gasteiger partial charge in [0.1, 0.15) is 22.0 Å². The SMILES string of the molecule is CCOC(C)c1ncc(C(=O)N[C@H](Cc2ccccc2)C(=O)O)s1. The Kier molecular flexibility index (Phi) is 6.45. The van der Waals surface area contributed by atoms with Gasteiger partial charge in [-0.2, -0.15) is 0 Å². The largest absolute Gasteiger partial charge is 0.480 e. The molecule has 7 heteroatoms. The molecule has 0 aliphatic carbocycles. The summed E-state index contributed by atoms with van der Waals surface area (Å²) in [6.07, 6.45) is 1.48. The minimum absolute atomic E-state index is 0.193. The molecule has 1 aromatic heterocycles. The van der Waals surface area contributed by atoms with Crippen molar-refractivity contribution in [3.63, 3.8) is 0 Å². The number of hydrogen-bond donors (Lipinski definition) is 2. The molecule has 6 nitrogen and oxygen atoms in total. The number of amides is 1. The van der Waals surface area contributed by atoms with Crippen LogP contribution in [0.25, 0.3) is 0 Å². The number of nitrogens with one attached hydrogen (secondary N) is 1. The van der Waals surface area contributed by atoms with Gasteiger partial charge in [0.05, 0.1) is 6.20 Å². The summed E-state index contributed by atoms with van der Waals surface area (Å²) in [6.45, 7) is 4.30. The van der Waals surface area contributed by atoms with Gasteiger partial charge in [-0.3, -0.25) is 4.79 Å². The standard InChI is InChI=1S/C17H20N2O4S/c1-3-23-11(2)16-18-10-14(24-16)15(20)19-13(17(21)22)9-12-7-5-4-6-8-12/h4-8,10-11,13H,3,9H2,1-2H3,(H,19,20)(H,21,22)/t11?,13-/m1/s1. The van der Waals surface area contributed by atoms with Crippen LogP contribution >= 0.6 is 11.3 Å². The average Bonchev–Trinajstić information content (AvgIpc) is 3.05. The second kappa shape index (κ2) is 8.56. The van der Waals surface area contributed by atoms with E-state index in [9.17, 15) is 14.7 Å². The van der Waals surface area contributed by atoms with Crippen molar-refractivity contribution in [1.82, 2.24) is 10.3 Å². The Morgan fingerprint density at radius 3 is 2.67 bits per heavy atom. The van der Waals surface area contributed by atoms with Gasteiger partial charge < -0.3 is 15.2 Å². The molecule has 0 fully saturated rings. The number of rotatable bonds is 8. The Morgan fingerprint density at radius 1 is 1.33 bits per heavy atom. The second-order valence-electron chi connectivity index (χ2n) is 5.21. The molecule has 0 aliphatic heterocycles. The summed E-state index contributed by atoms with van der Waals surface area (Å²) < 4.78 is 5.44. The van der Waals surface area contributed by atoms with Gasteiger partial charge in [-0.15, -0.1) is 11.3 Å². The van der Waals surface area contributed by atoms with E-state index >= 15 is 0 Å². The molecule has 2 aromatic rings. The summed E-state index contributed by atoms with van der Waals surface area (Å²) in [5, 5.41) is 12.6. The highest BCUT2D eigenvalue weighted by atomic mass is 32.1. The predicted octanol–water partition coefficient (Wildman–Crippen LogP) is 2.67. The number of carbonyl (C=O) groups is 2. The fraction of sp³-hybridized carbons (Fsp3) is 0.353. The van der Waals surface area contributed by atoms with Crippen LogP contribution < -0.4 is 5.32 Å². The molecule has 1 amide bonds. The fourth-order valence-electron chi connectivity index (χ4n) is 2.18. The Labute approximate surface area is 144 Å². The molecule has 1 heterocycles. The van der Waals surface area contributed by atoms with Crippen LogP contribution in [0, 0.1) is 0 Å². The normalized spacial score (nSPS) is 13.2. The third kappa shape index (κ3) is 4.87. The van der Waals surface area contributed by atoms with Gasteiger partial charge in [0.2, 0.25) is 0 Å². The number of nitrogens with zero attached hydrogens (tertiary/aromatic N) is 1. The molecule has 128 valence electrons. The van der Waals surface area contributed by atoms with Crippen molar-refractivity contribution in [2.75, 3.05) is 6.61 Å². The fourth-order valence-corrected chi connectivity index (χ4v) is 3.00. The second-order valence-corrected chi connectivity index (χ2v) is 6.28. The Bertz CT molecular complexity index is 687. The number of carbonyl (C=O) groups excluding carboxylic acids is 1. The summed E-state index contributed by atoms with van der Waals surface area (Å²) in [5.74, 6) is -1.51. The van der Waals surface area contributed by atoms with E-state index in [1.165, 1.54) is 17.5 Å². The maximum Gasteiger partial charge on any atom is 0.326 e.